The van der Waals surface area contributed by atoms with Gasteiger partial charge in [-0.05, 0) is 31.4 Å². The molecule has 1 saturated heterocycles. The summed E-state index contributed by atoms with van der Waals surface area (Å²) in [5, 5.41) is 0. The SMILES string of the molecule is CO[C@H]1CCCN(C(=O)COc2cccc(F)c2)[C@H]1CCC(N)=O. The Morgan fingerprint density at radius 3 is 2.88 bits per heavy atom. The standard InChI is InChI=1S/C17H23FN2O4/c1-23-15-6-3-9-20(14(15)7-8-16(19)21)17(22)11-24-13-5-2-4-12(18)10-13/h2,4-5,10,14-15H,3,6-9,11H2,1H3,(H2,19,21)/t14-,15-/m0/s1. The average molecular weight is 338 g/mol. The van der Waals surface area contributed by atoms with Gasteiger partial charge in [0.05, 0.1) is 12.1 Å². The van der Waals surface area contributed by atoms with E-state index in [1.54, 1.807) is 18.1 Å². The van der Waals surface area contributed by atoms with E-state index in [-0.39, 0.29) is 31.1 Å². The molecule has 2 atom stereocenters. The second-order valence-electron chi connectivity index (χ2n) is 5.82. The summed E-state index contributed by atoms with van der Waals surface area (Å²) in [6.07, 6.45) is 2.17. The lowest BCUT2D eigenvalue weighted by Crippen LogP contribution is -2.53. The van der Waals surface area contributed by atoms with E-state index in [4.69, 9.17) is 15.2 Å². The Morgan fingerprint density at radius 2 is 2.21 bits per heavy atom. The van der Waals surface area contributed by atoms with Crippen molar-refractivity contribution in [3.63, 3.8) is 0 Å². The summed E-state index contributed by atoms with van der Waals surface area (Å²) in [6.45, 7) is 0.390. The van der Waals surface area contributed by atoms with E-state index in [0.717, 1.165) is 12.8 Å². The molecular weight excluding hydrogens is 315 g/mol. The molecule has 0 spiro atoms. The first kappa shape index (κ1) is 18.2. The van der Waals surface area contributed by atoms with Crippen LogP contribution in [0.2, 0.25) is 0 Å². The molecule has 1 aromatic rings. The molecule has 0 unspecified atom stereocenters. The van der Waals surface area contributed by atoms with E-state index >= 15 is 0 Å². The van der Waals surface area contributed by atoms with Crippen LogP contribution in [0.4, 0.5) is 4.39 Å². The molecule has 0 bridgehead atoms. The van der Waals surface area contributed by atoms with Crippen molar-refractivity contribution in [2.75, 3.05) is 20.3 Å². The van der Waals surface area contributed by atoms with E-state index in [9.17, 15) is 14.0 Å². The Hall–Kier alpha value is -2.15. The van der Waals surface area contributed by atoms with Gasteiger partial charge in [-0.15, -0.1) is 0 Å². The number of hydrogen-bond donors (Lipinski definition) is 1. The van der Waals surface area contributed by atoms with Gasteiger partial charge in [0.15, 0.2) is 6.61 Å². The van der Waals surface area contributed by atoms with E-state index in [2.05, 4.69) is 0 Å². The van der Waals surface area contributed by atoms with Crippen molar-refractivity contribution in [2.24, 2.45) is 5.73 Å². The molecule has 1 fully saturated rings. The summed E-state index contributed by atoms with van der Waals surface area (Å²) >= 11 is 0. The predicted octanol–water partition coefficient (Wildman–Crippen LogP) is 1.48. The minimum absolute atomic E-state index is 0.129. The van der Waals surface area contributed by atoms with Gasteiger partial charge in [0, 0.05) is 26.1 Å². The number of halogens is 1. The zero-order chi connectivity index (χ0) is 17.5. The Kier molecular flexibility index (Phi) is 6.54. The third-order valence-electron chi connectivity index (χ3n) is 4.19. The largest absolute Gasteiger partial charge is 0.484 e. The van der Waals surface area contributed by atoms with Crippen LogP contribution < -0.4 is 10.5 Å². The van der Waals surface area contributed by atoms with E-state index in [1.807, 2.05) is 0 Å². The van der Waals surface area contributed by atoms with Crippen LogP contribution in [0.3, 0.4) is 0 Å². The summed E-state index contributed by atoms with van der Waals surface area (Å²) in [5.74, 6) is -0.733. The van der Waals surface area contributed by atoms with Gasteiger partial charge in [0.2, 0.25) is 5.91 Å². The number of piperidine rings is 1. The zero-order valence-electron chi connectivity index (χ0n) is 13.7. The molecule has 0 aliphatic carbocycles. The first-order chi connectivity index (χ1) is 11.5. The number of benzene rings is 1. The lowest BCUT2D eigenvalue weighted by atomic mass is 9.94. The summed E-state index contributed by atoms with van der Waals surface area (Å²) < 4.78 is 24.0. The molecule has 1 aliphatic heterocycles. The number of primary amides is 1. The monoisotopic (exact) mass is 338 g/mol. The van der Waals surface area contributed by atoms with Crippen molar-refractivity contribution in [2.45, 2.75) is 37.8 Å². The van der Waals surface area contributed by atoms with Crippen LogP contribution in [0.1, 0.15) is 25.7 Å². The van der Waals surface area contributed by atoms with Crippen LogP contribution in [0.15, 0.2) is 24.3 Å². The second kappa shape index (κ2) is 8.63. The van der Waals surface area contributed by atoms with Gasteiger partial charge >= 0.3 is 0 Å². The lowest BCUT2D eigenvalue weighted by molar-refractivity contribution is -0.143. The van der Waals surface area contributed by atoms with Gasteiger partial charge in [-0.3, -0.25) is 9.59 Å². The second-order valence-corrected chi connectivity index (χ2v) is 5.82. The Morgan fingerprint density at radius 1 is 1.42 bits per heavy atom. The number of amides is 2. The minimum atomic E-state index is -0.420. The summed E-state index contributed by atoms with van der Waals surface area (Å²) in [6, 6.07) is 5.44. The van der Waals surface area contributed by atoms with Crippen LogP contribution in [-0.2, 0) is 14.3 Å². The number of carbonyl (C=O) groups is 2. The number of nitrogens with zero attached hydrogens (tertiary/aromatic N) is 1. The van der Waals surface area contributed by atoms with Crippen molar-refractivity contribution < 1.29 is 23.5 Å². The first-order valence-corrected chi connectivity index (χ1v) is 8.00. The van der Waals surface area contributed by atoms with Crippen molar-refractivity contribution >= 4 is 11.8 Å². The van der Waals surface area contributed by atoms with Crippen LogP contribution >= 0.6 is 0 Å². The molecule has 6 nitrogen and oxygen atoms in total. The fourth-order valence-electron chi connectivity index (χ4n) is 3.02. The third-order valence-corrected chi connectivity index (χ3v) is 4.19. The number of methoxy groups -OCH3 is 1. The molecule has 7 heteroatoms. The van der Waals surface area contributed by atoms with Gasteiger partial charge in [-0.2, -0.15) is 0 Å². The molecule has 2 amide bonds. The predicted molar refractivity (Wildman–Crippen MR) is 85.9 cm³/mol. The maximum atomic E-state index is 13.1. The number of carbonyl (C=O) groups excluding carboxylic acids is 2. The molecule has 2 rings (SSSR count). The lowest BCUT2D eigenvalue weighted by Gasteiger charge is -2.40. The number of likely N-dealkylation sites (tertiary alicyclic amines) is 1. The number of rotatable bonds is 7. The highest BCUT2D eigenvalue weighted by atomic mass is 19.1. The molecule has 1 heterocycles. The Bertz CT molecular complexity index is 581. The van der Waals surface area contributed by atoms with Gasteiger partial charge < -0.3 is 20.1 Å². The smallest absolute Gasteiger partial charge is 0.260 e. The normalized spacial score (nSPS) is 20.7. The van der Waals surface area contributed by atoms with Crippen molar-refractivity contribution in [1.82, 2.24) is 4.90 Å². The topological polar surface area (TPSA) is 81.9 Å². The third kappa shape index (κ3) is 4.92. The number of hydrogen-bond acceptors (Lipinski definition) is 4. The van der Waals surface area contributed by atoms with Gasteiger partial charge in [-0.25, -0.2) is 4.39 Å². The highest BCUT2D eigenvalue weighted by Crippen LogP contribution is 2.24. The average Bonchev–Trinajstić information content (AvgIpc) is 2.57. The number of nitrogens with two attached hydrogens (primary N) is 1. The first-order valence-electron chi connectivity index (χ1n) is 8.00. The zero-order valence-corrected chi connectivity index (χ0v) is 13.7. The number of ether oxygens (including phenoxy) is 2. The summed E-state index contributed by atoms with van der Waals surface area (Å²) in [7, 11) is 1.60. The Balaban J connectivity index is 1.99. The molecule has 132 valence electrons. The molecule has 0 radical (unpaired) electrons. The molecule has 24 heavy (non-hydrogen) atoms. The molecular formula is C17H23FN2O4. The highest BCUT2D eigenvalue weighted by molar-refractivity contribution is 5.78. The fourth-order valence-corrected chi connectivity index (χ4v) is 3.02. The van der Waals surface area contributed by atoms with Crippen molar-refractivity contribution in [3.05, 3.63) is 30.1 Å². The van der Waals surface area contributed by atoms with E-state index in [1.165, 1.54) is 18.2 Å². The van der Waals surface area contributed by atoms with Crippen molar-refractivity contribution in [3.8, 4) is 5.75 Å². The Labute approximate surface area is 140 Å². The molecule has 1 aliphatic rings. The summed E-state index contributed by atoms with van der Waals surface area (Å²) in [5.41, 5.74) is 5.22. The maximum absolute atomic E-state index is 13.1. The summed E-state index contributed by atoms with van der Waals surface area (Å²) in [4.78, 5) is 25.3. The quantitative estimate of drug-likeness (QED) is 0.816. The van der Waals surface area contributed by atoms with Gasteiger partial charge in [-0.1, -0.05) is 6.07 Å². The molecule has 0 saturated carbocycles. The van der Waals surface area contributed by atoms with Crippen LogP contribution in [0.25, 0.3) is 0 Å². The molecule has 1 aromatic carbocycles. The van der Waals surface area contributed by atoms with Gasteiger partial charge in [0.1, 0.15) is 11.6 Å². The van der Waals surface area contributed by atoms with Crippen molar-refractivity contribution in [1.29, 1.82) is 0 Å². The highest BCUT2D eigenvalue weighted by Gasteiger charge is 2.34. The van der Waals surface area contributed by atoms with E-state index in [0.29, 0.717) is 18.7 Å². The van der Waals surface area contributed by atoms with Crippen LogP contribution in [-0.4, -0.2) is 49.1 Å². The molecule has 2 N–H and O–H groups in total. The van der Waals surface area contributed by atoms with Crippen LogP contribution in [0, 0.1) is 5.82 Å². The molecule has 0 aromatic heterocycles. The minimum Gasteiger partial charge on any atom is -0.484 e. The van der Waals surface area contributed by atoms with E-state index < -0.39 is 11.7 Å². The maximum Gasteiger partial charge on any atom is 0.260 e. The van der Waals surface area contributed by atoms with Gasteiger partial charge in [0.25, 0.3) is 5.91 Å². The fraction of sp³-hybridized carbons (Fsp3) is 0.529. The van der Waals surface area contributed by atoms with Crippen LogP contribution in [0.5, 0.6) is 5.75 Å².